The van der Waals surface area contributed by atoms with Crippen molar-refractivity contribution < 1.29 is 4.79 Å². The van der Waals surface area contributed by atoms with E-state index in [-0.39, 0.29) is 17.3 Å². The fraction of sp³-hybridized carbons (Fsp3) is 0.357. The normalized spacial score (nSPS) is 28.0. The van der Waals surface area contributed by atoms with Gasteiger partial charge in [-0.3, -0.25) is 0 Å². The number of rotatable bonds is 2. The zero-order valence-electron chi connectivity index (χ0n) is 9.64. The second-order valence-corrected chi connectivity index (χ2v) is 5.84. The standard InChI is InChI=1S/C14H16OS/c1-10-11(9-15)6-7-14(2,3)13(10)12-5-4-8-16-12/h4-9,11,13H,1H2,2-3H3. The van der Waals surface area contributed by atoms with Crippen LogP contribution in [0.3, 0.4) is 0 Å². The zero-order valence-corrected chi connectivity index (χ0v) is 10.5. The lowest BCUT2D eigenvalue weighted by Gasteiger charge is -2.38. The van der Waals surface area contributed by atoms with Gasteiger partial charge in [0.15, 0.2) is 0 Å². The Morgan fingerprint density at radius 1 is 1.50 bits per heavy atom. The van der Waals surface area contributed by atoms with E-state index in [0.717, 1.165) is 11.9 Å². The number of allylic oxidation sites excluding steroid dienone is 3. The molecule has 0 amide bonds. The molecular formula is C14H16OS. The molecule has 0 N–H and O–H groups in total. The van der Waals surface area contributed by atoms with Gasteiger partial charge in [0.1, 0.15) is 6.29 Å². The number of thiophene rings is 1. The van der Waals surface area contributed by atoms with Gasteiger partial charge >= 0.3 is 0 Å². The lowest BCUT2D eigenvalue weighted by molar-refractivity contribution is -0.109. The summed E-state index contributed by atoms with van der Waals surface area (Å²) in [6.07, 6.45) is 5.10. The number of hydrogen-bond donors (Lipinski definition) is 0. The van der Waals surface area contributed by atoms with Crippen LogP contribution in [0.15, 0.2) is 41.8 Å². The first-order valence-corrected chi connectivity index (χ1v) is 6.31. The topological polar surface area (TPSA) is 17.1 Å². The van der Waals surface area contributed by atoms with E-state index in [1.807, 2.05) is 6.08 Å². The molecule has 0 saturated carbocycles. The second-order valence-electron chi connectivity index (χ2n) is 4.87. The van der Waals surface area contributed by atoms with Crippen molar-refractivity contribution in [1.29, 1.82) is 0 Å². The Hall–Kier alpha value is -1.15. The lowest BCUT2D eigenvalue weighted by atomic mass is 9.67. The molecular weight excluding hydrogens is 216 g/mol. The summed E-state index contributed by atoms with van der Waals surface area (Å²) in [4.78, 5) is 12.3. The molecule has 84 valence electrons. The molecule has 0 aliphatic heterocycles. The van der Waals surface area contributed by atoms with Crippen molar-refractivity contribution >= 4 is 17.6 Å². The molecule has 1 aromatic heterocycles. The summed E-state index contributed by atoms with van der Waals surface area (Å²) in [7, 11) is 0. The van der Waals surface area contributed by atoms with E-state index >= 15 is 0 Å². The quantitative estimate of drug-likeness (QED) is 0.560. The molecule has 1 aliphatic rings. The fourth-order valence-electron chi connectivity index (χ4n) is 2.38. The molecule has 2 heteroatoms. The predicted molar refractivity (Wildman–Crippen MR) is 68.7 cm³/mol. The van der Waals surface area contributed by atoms with Crippen molar-refractivity contribution in [2.75, 3.05) is 0 Å². The van der Waals surface area contributed by atoms with Gasteiger partial charge in [-0.2, -0.15) is 0 Å². The molecule has 0 spiro atoms. The van der Waals surface area contributed by atoms with Gasteiger partial charge < -0.3 is 4.79 Å². The first-order chi connectivity index (χ1) is 7.56. The third-order valence-electron chi connectivity index (χ3n) is 3.25. The van der Waals surface area contributed by atoms with Crippen molar-refractivity contribution in [3.63, 3.8) is 0 Å². The number of carbonyl (C=O) groups excluding carboxylic acids is 1. The molecule has 1 aromatic rings. The first kappa shape index (κ1) is 11.3. The molecule has 2 rings (SSSR count). The molecule has 0 bridgehead atoms. The predicted octanol–water partition coefficient (Wildman–Crippen LogP) is 3.80. The van der Waals surface area contributed by atoms with E-state index in [4.69, 9.17) is 0 Å². The fourth-order valence-corrected chi connectivity index (χ4v) is 3.44. The minimum Gasteiger partial charge on any atom is -0.302 e. The summed E-state index contributed by atoms with van der Waals surface area (Å²) in [6.45, 7) is 8.51. The summed E-state index contributed by atoms with van der Waals surface area (Å²) in [5.41, 5.74) is 1.06. The molecule has 1 heterocycles. The van der Waals surface area contributed by atoms with Gasteiger partial charge in [0.05, 0.1) is 5.92 Å². The highest BCUT2D eigenvalue weighted by atomic mass is 32.1. The molecule has 2 unspecified atom stereocenters. The van der Waals surface area contributed by atoms with E-state index in [9.17, 15) is 4.79 Å². The molecule has 0 aromatic carbocycles. The minimum atomic E-state index is -0.125. The van der Waals surface area contributed by atoms with E-state index in [1.54, 1.807) is 11.3 Å². The van der Waals surface area contributed by atoms with Crippen LogP contribution in [0.1, 0.15) is 24.6 Å². The van der Waals surface area contributed by atoms with Crippen LogP contribution in [0, 0.1) is 11.3 Å². The average Bonchev–Trinajstić information content (AvgIpc) is 2.70. The molecule has 0 fully saturated rings. The highest BCUT2D eigenvalue weighted by molar-refractivity contribution is 7.10. The minimum absolute atomic E-state index is 0.0431. The van der Waals surface area contributed by atoms with Crippen molar-refractivity contribution in [2.45, 2.75) is 19.8 Å². The van der Waals surface area contributed by atoms with E-state index < -0.39 is 0 Å². The Labute approximate surface area is 100 Å². The molecule has 0 radical (unpaired) electrons. The van der Waals surface area contributed by atoms with Gasteiger partial charge in [-0.25, -0.2) is 0 Å². The maximum atomic E-state index is 11.0. The monoisotopic (exact) mass is 232 g/mol. The van der Waals surface area contributed by atoms with E-state index in [0.29, 0.717) is 0 Å². The van der Waals surface area contributed by atoms with Crippen molar-refractivity contribution in [3.05, 3.63) is 46.7 Å². The smallest absolute Gasteiger partial charge is 0.130 e. The van der Waals surface area contributed by atoms with Gasteiger partial charge in [0.2, 0.25) is 0 Å². The maximum Gasteiger partial charge on any atom is 0.130 e. The van der Waals surface area contributed by atoms with Gasteiger partial charge in [-0.15, -0.1) is 11.3 Å². The van der Waals surface area contributed by atoms with Crippen LogP contribution in [0.5, 0.6) is 0 Å². The Morgan fingerprint density at radius 2 is 2.25 bits per heavy atom. The van der Waals surface area contributed by atoms with Crippen molar-refractivity contribution in [3.8, 4) is 0 Å². The third-order valence-corrected chi connectivity index (χ3v) is 4.19. The van der Waals surface area contributed by atoms with Gasteiger partial charge in [0.25, 0.3) is 0 Å². The van der Waals surface area contributed by atoms with E-state index in [2.05, 4.69) is 44.0 Å². The Morgan fingerprint density at radius 3 is 2.81 bits per heavy atom. The molecule has 1 nitrogen and oxygen atoms in total. The summed E-state index contributed by atoms with van der Waals surface area (Å²) < 4.78 is 0. The summed E-state index contributed by atoms with van der Waals surface area (Å²) in [6, 6.07) is 4.18. The molecule has 2 atom stereocenters. The van der Waals surface area contributed by atoms with E-state index in [1.165, 1.54) is 4.88 Å². The molecule has 0 saturated heterocycles. The molecule has 1 aliphatic carbocycles. The number of aldehydes is 1. The van der Waals surface area contributed by atoms with Crippen molar-refractivity contribution in [2.24, 2.45) is 11.3 Å². The third kappa shape index (κ3) is 1.78. The van der Waals surface area contributed by atoms with Crippen LogP contribution < -0.4 is 0 Å². The van der Waals surface area contributed by atoms with Crippen LogP contribution in [0.4, 0.5) is 0 Å². The molecule has 16 heavy (non-hydrogen) atoms. The highest BCUT2D eigenvalue weighted by Gasteiger charge is 2.36. The Kier molecular flexibility index (Phi) is 2.85. The average molecular weight is 232 g/mol. The van der Waals surface area contributed by atoms with Crippen LogP contribution in [0.25, 0.3) is 0 Å². The zero-order chi connectivity index (χ0) is 11.8. The summed E-state index contributed by atoms with van der Waals surface area (Å²) >= 11 is 1.74. The van der Waals surface area contributed by atoms with Gasteiger partial charge in [-0.1, -0.05) is 44.2 Å². The first-order valence-electron chi connectivity index (χ1n) is 5.43. The van der Waals surface area contributed by atoms with Crippen molar-refractivity contribution in [1.82, 2.24) is 0 Å². The van der Waals surface area contributed by atoms with Crippen LogP contribution in [0.2, 0.25) is 0 Å². The number of hydrogen-bond acceptors (Lipinski definition) is 2. The van der Waals surface area contributed by atoms with Crippen LogP contribution in [-0.2, 0) is 4.79 Å². The highest BCUT2D eigenvalue weighted by Crippen LogP contribution is 2.48. The lowest BCUT2D eigenvalue weighted by Crippen LogP contribution is -2.28. The van der Waals surface area contributed by atoms with Crippen LogP contribution in [-0.4, -0.2) is 6.29 Å². The van der Waals surface area contributed by atoms with Gasteiger partial charge in [0, 0.05) is 10.8 Å². The number of carbonyl (C=O) groups is 1. The SMILES string of the molecule is C=C1C(C=O)C=CC(C)(C)C1c1cccs1. The summed E-state index contributed by atoms with van der Waals surface area (Å²) in [5.74, 6) is 0.132. The Balaban J connectivity index is 2.45. The Bertz CT molecular complexity index is 426. The van der Waals surface area contributed by atoms with Crippen LogP contribution >= 0.6 is 11.3 Å². The largest absolute Gasteiger partial charge is 0.302 e. The second kappa shape index (κ2) is 4.02. The van der Waals surface area contributed by atoms with Gasteiger partial charge in [-0.05, 0) is 16.9 Å². The maximum absolute atomic E-state index is 11.0. The summed E-state index contributed by atoms with van der Waals surface area (Å²) in [5, 5.41) is 2.08.